The summed E-state index contributed by atoms with van der Waals surface area (Å²) in [5, 5.41) is 0.833. The Bertz CT molecular complexity index is 352. The number of nitrogens with zero attached hydrogens (tertiary/aromatic N) is 1. The number of hydrogen-bond donors (Lipinski definition) is 0. The van der Waals surface area contributed by atoms with Gasteiger partial charge in [-0.05, 0) is 24.5 Å². The minimum Gasteiger partial charge on any atom is -0.345 e. The molecule has 16 heavy (non-hydrogen) atoms. The zero-order chi connectivity index (χ0) is 12.0. The molecule has 0 aliphatic heterocycles. The number of carbonyl (C=O) groups is 1. The fourth-order valence-corrected chi connectivity index (χ4v) is 2.11. The second-order valence-corrected chi connectivity index (χ2v) is 4.72. The number of benzene rings is 1. The SMILES string of the molecule is Cc1ccccc1CCC(=O)N(C)CCBr. The molecule has 0 spiro atoms. The average Bonchev–Trinajstić information content (AvgIpc) is 2.28. The van der Waals surface area contributed by atoms with Gasteiger partial charge in [-0.3, -0.25) is 4.79 Å². The smallest absolute Gasteiger partial charge is 0.222 e. The fraction of sp³-hybridized carbons (Fsp3) is 0.462. The molecule has 1 aromatic rings. The Balaban J connectivity index is 2.46. The Hall–Kier alpha value is -0.830. The van der Waals surface area contributed by atoms with E-state index in [0.717, 1.165) is 18.3 Å². The quantitative estimate of drug-likeness (QED) is 0.761. The van der Waals surface area contributed by atoms with Gasteiger partial charge in [-0.25, -0.2) is 0 Å². The summed E-state index contributed by atoms with van der Waals surface area (Å²) in [5.41, 5.74) is 2.53. The lowest BCUT2D eigenvalue weighted by Crippen LogP contribution is -2.28. The van der Waals surface area contributed by atoms with Gasteiger partial charge in [-0.15, -0.1) is 0 Å². The third kappa shape index (κ3) is 3.97. The molecule has 0 unspecified atom stereocenters. The highest BCUT2D eigenvalue weighted by atomic mass is 79.9. The molecule has 0 saturated carbocycles. The highest BCUT2D eigenvalue weighted by Gasteiger charge is 2.08. The third-order valence-electron chi connectivity index (χ3n) is 2.72. The van der Waals surface area contributed by atoms with E-state index in [1.165, 1.54) is 11.1 Å². The molecule has 1 aromatic carbocycles. The van der Waals surface area contributed by atoms with Crippen LogP contribution in [0.3, 0.4) is 0 Å². The van der Waals surface area contributed by atoms with Crippen LogP contribution in [0.1, 0.15) is 17.5 Å². The molecule has 88 valence electrons. The van der Waals surface area contributed by atoms with Gasteiger partial charge in [-0.1, -0.05) is 40.2 Å². The molecule has 0 aromatic heterocycles. The zero-order valence-electron chi connectivity index (χ0n) is 9.87. The Morgan fingerprint density at radius 2 is 2.06 bits per heavy atom. The second-order valence-electron chi connectivity index (χ2n) is 3.93. The van der Waals surface area contributed by atoms with Crippen molar-refractivity contribution in [3.8, 4) is 0 Å². The van der Waals surface area contributed by atoms with E-state index in [2.05, 4.69) is 35.0 Å². The summed E-state index contributed by atoms with van der Waals surface area (Å²) >= 11 is 3.33. The predicted molar refractivity (Wildman–Crippen MR) is 70.9 cm³/mol. The molecule has 2 nitrogen and oxygen atoms in total. The summed E-state index contributed by atoms with van der Waals surface area (Å²) in [4.78, 5) is 13.5. The fourth-order valence-electron chi connectivity index (χ4n) is 1.57. The van der Waals surface area contributed by atoms with Crippen LogP contribution in [0, 0.1) is 6.92 Å². The first kappa shape index (κ1) is 13.2. The number of hydrogen-bond acceptors (Lipinski definition) is 1. The summed E-state index contributed by atoms with van der Waals surface area (Å²) in [6.45, 7) is 2.86. The van der Waals surface area contributed by atoms with Crippen molar-refractivity contribution in [1.82, 2.24) is 4.90 Å². The molecule has 0 bridgehead atoms. The van der Waals surface area contributed by atoms with Gasteiger partial charge in [0.05, 0.1) is 0 Å². The average molecular weight is 284 g/mol. The summed E-state index contributed by atoms with van der Waals surface area (Å²) < 4.78 is 0. The van der Waals surface area contributed by atoms with E-state index in [-0.39, 0.29) is 5.91 Å². The van der Waals surface area contributed by atoms with Gasteiger partial charge in [-0.2, -0.15) is 0 Å². The number of amides is 1. The molecule has 1 amide bonds. The van der Waals surface area contributed by atoms with Crippen molar-refractivity contribution in [3.63, 3.8) is 0 Å². The molecule has 0 heterocycles. The van der Waals surface area contributed by atoms with Crippen LogP contribution >= 0.6 is 15.9 Å². The Labute approximate surface area is 106 Å². The van der Waals surface area contributed by atoms with Crippen molar-refractivity contribution in [3.05, 3.63) is 35.4 Å². The normalized spacial score (nSPS) is 10.2. The summed E-state index contributed by atoms with van der Waals surface area (Å²) in [5.74, 6) is 0.211. The van der Waals surface area contributed by atoms with Crippen LogP contribution in [0.2, 0.25) is 0 Å². The van der Waals surface area contributed by atoms with E-state index >= 15 is 0 Å². The maximum absolute atomic E-state index is 11.7. The molecular weight excluding hydrogens is 266 g/mol. The molecule has 1 rings (SSSR count). The molecule has 0 fully saturated rings. The van der Waals surface area contributed by atoms with Gasteiger partial charge in [0.15, 0.2) is 0 Å². The van der Waals surface area contributed by atoms with Gasteiger partial charge >= 0.3 is 0 Å². The maximum atomic E-state index is 11.7. The summed E-state index contributed by atoms with van der Waals surface area (Å²) in [6.07, 6.45) is 1.42. The number of aryl methyl sites for hydroxylation is 2. The second kappa shape index (κ2) is 6.69. The molecule has 0 atom stereocenters. The molecular formula is C13H18BrNO. The van der Waals surface area contributed by atoms with Crippen molar-refractivity contribution in [2.24, 2.45) is 0 Å². The lowest BCUT2D eigenvalue weighted by Gasteiger charge is -2.15. The van der Waals surface area contributed by atoms with E-state index in [4.69, 9.17) is 0 Å². The van der Waals surface area contributed by atoms with Crippen molar-refractivity contribution in [2.45, 2.75) is 19.8 Å². The first-order valence-corrected chi connectivity index (χ1v) is 6.61. The van der Waals surface area contributed by atoms with E-state index in [1.54, 1.807) is 4.90 Å². The summed E-state index contributed by atoms with van der Waals surface area (Å²) in [7, 11) is 1.85. The van der Waals surface area contributed by atoms with Crippen molar-refractivity contribution >= 4 is 21.8 Å². The lowest BCUT2D eigenvalue weighted by molar-refractivity contribution is -0.129. The number of rotatable bonds is 5. The third-order valence-corrected chi connectivity index (χ3v) is 3.07. The number of carbonyl (C=O) groups excluding carboxylic acids is 1. The van der Waals surface area contributed by atoms with E-state index in [0.29, 0.717) is 6.42 Å². The van der Waals surface area contributed by atoms with Crippen LogP contribution in [0.5, 0.6) is 0 Å². The van der Waals surface area contributed by atoms with Crippen LogP contribution in [-0.4, -0.2) is 29.7 Å². The largest absolute Gasteiger partial charge is 0.345 e. The maximum Gasteiger partial charge on any atom is 0.222 e. The zero-order valence-corrected chi connectivity index (χ0v) is 11.5. The van der Waals surface area contributed by atoms with Crippen molar-refractivity contribution in [1.29, 1.82) is 0 Å². The lowest BCUT2D eigenvalue weighted by atomic mass is 10.0. The van der Waals surface area contributed by atoms with Crippen LogP contribution in [0.15, 0.2) is 24.3 Å². The minimum absolute atomic E-state index is 0.211. The first-order valence-electron chi connectivity index (χ1n) is 5.49. The predicted octanol–water partition coefficient (Wildman–Crippen LogP) is 2.78. The monoisotopic (exact) mass is 283 g/mol. The number of halogens is 1. The van der Waals surface area contributed by atoms with Crippen molar-refractivity contribution < 1.29 is 4.79 Å². The highest BCUT2D eigenvalue weighted by Crippen LogP contribution is 2.10. The Morgan fingerprint density at radius 1 is 1.38 bits per heavy atom. The van der Waals surface area contributed by atoms with Crippen LogP contribution < -0.4 is 0 Å². The molecule has 3 heteroatoms. The van der Waals surface area contributed by atoms with Crippen LogP contribution in [0.25, 0.3) is 0 Å². The van der Waals surface area contributed by atoms with Gasteiger partial charge in [0.1, 0.15) is 0 Å². The minimum atomic E-state index is 0.211. The van der Waals surface area contributed by atoms with E-state index in [9.17, 15) is 4.79 Å². The Morgan fingerprint density at radius 3 is 2.69 bits per heavy atom. The van der Waals surface area contributed by atoms with Gasteiger partial charge in [0, 0.05) is 25.3 Å². The van der Waals surface area contributed by atoms with Crippen LogP contribution in [0.4, 0.5) is 0 Å². The van der Waals surface area contributed by atoms with Crippen molar-refractivity contribution in [2.75, 3.05) is 18.9 Å². The van der Waals surface area contributed by atoms with Gasteiger partial charge in [0.25, 0.3) is 0 Å². The standard InChI is InChI=1S/C13H18BrNO/c1-11-5-3-4-6-12(11)7-8-13(16)15(2)10-9-14/h3-6H,7-10H2,1-2H3. The Kier molecular flexibility index (Phi) is 5.53. The topological polar surface area (TPSA) is 20.3 Å². The van der Waals surface area contributed by atoms with Gasteiger partial charge < -0.3 is 4.90 Å². The molecule has 0 saturated heterocycles. The first-order chi connectivity index (χ1) is 7.65. The highest BCUT2D eigenvalue weighted by molar-refractivity contribution is 9.09. The molecule has 0 N–H and O–H groups in total. The molecule has 0 aliphatic rings. The summed E-state index contributed by atoms with van der Waals surface area (Å²) in [6, 6.07) is 8.22. The van der Waals surface area contributed by atoms with E-state index in [1.807, 2.05) is 19.2 Å². The molecule has 0 aliphatic carbocycles. The van der Waals surface area contributed by atoms with E-state index < -0.39 is 0 Å². The van der Waals surface area contributed by atoms with Gasteiger partial charge in [0.2, 0.25) is 5.91 Å². The van der Waals surface area contributed by atoms with Crippen LogP contribution in [-0.2, 0) is 11.2 Å². The number of alkyl halides is 1. The molecule has 0 radical (unpaired) electrons.